The zero-order chi connectivity index (χ0) is 19.3. The van der Waals surface area contributed by atoms with Crippen molar-refractivity contribution in [2.45, 2.75) is 50.0 Å². The number of hydrogen-bond donors (Lipinski definition) is 2. The molecule has 2 aliphatic rings. The second-order valence-electron chi connectivity index (χ2n) is 8.70. The molecule has 1 aromatic rings. The van der Waals surface area contributed by atoms with Crippen LogP contribution in [0.4, 0.5) is 4.79 Å². The third-order valence-corrected chi connectivity index (χ3v) is 6.26. The van der Waals surface area contributed by atoms with Crippen LogP contribution in [0.15, 0.2) is 30.3 Å². The van der Waals surface area contributed by atoms with Crippen molar-refractivity contribution in [2.75, 3.05) is 40.3 Å². The standard InChI is InChI=1S/C22H35N3O2/c1-24(2)17-22(27)12-14-25(15-13-22)21(26)23-16-20(19-10-6-7-11-19)18-8-4-3-5-9-18/h3-5,8-9,19-20,27H,6-7,10-17H2,1-2H3,(H,23,26). The van der Waals surface area contributed by atoms with Gasteiger partial charge in [-0.15, -0.1) is 0 Å². The fourth-order valence-electron chi connectivity index (χ4n) is 4.80. The Morgan fingerprint density at radius 2 is 1.85 bits per heavy atom. The van der Waals surface area contributed by atoms with E-state index in [0.29, 0.717) is 50.9 Å². The number of hydrogen-bond acceptors (Lipinski definition) is 3. The number of carbonyl (C=O) groups excluding carboxylic acids is 1. The van der Waals surface area contributed by atoms with Gasteiger partial charge in [0.1, 0.15) is 0 Å². The highest BCUT2D eigenvalue weighted by Gasteiger charge is 2.34. The van der Waals surface area contributed by atoms with Crippen molar-refractivity contribution >= 4 is 6.03 Å². The van der Waals surface area contributed by atoms with E-state index in [0.717, 1.165) is 0 Å². The van der Waals surface area contributed by atoms with Gasteiger partial charge in [0, 0.05) is 32.1 Å². The summed E-state index contributed by atoms with van der Waals surface area (Å²) >= 11 is 0. The molecule has 2 fully saturated rings. The first kappa shape index (κ1) is 20.2. The molecule has 150 valence electrons. The minimum absolute atomic E-state index is 0.0147. The molecule has 1 saturated heterocycles. The lowest BCUT2D eigenvalue weighted by molar-refractivity contribution is -0.0293. The highest BCUT2D eigenvalue weighted by molar-refractivity contribution is 5.74. The van der Waals surface area contributed by atoms with Crippen LogP contribution in [-0.2, 0) is 0 Å². The lowest BCUT2D eigenvalue weighted by Gasteiger charge is -2.39. The van der Waals surface area contributed by atoms with Gasteiger partial charge in [-0.05, 0) is 51.3 Å². The van der Waals surface area contributed by atoms with Gasteiger partial charge in [-0.1, -0.05) is 43.2 Å². The zero-order valence-corrected chi connectivity index (χ0v) is 16.9. The molecule has 1 unspecified atom stereocenters. The Morgan fingerprint density at radius 1 is 1.22 bits per heavy atom. The number of carbonyl (C=O) groups is 1. The Balaban J connectivity index is 1.54. The fourth-order valence-corrected chi connectivity index (χ4v) is 4.80. The number of benzene rings is 1. The van der Waals surface area contributed by atoms with Crippen molar-refractivity contribution in [3.8, 4) is 0 Å². The first-order valence-electron chi connectivity index (χ1n) is 10.4. The molecule has 1 aliphatic carbocycles. The van der Waals surface area contributed by atoms with Crippen LogP contribution in [0.1, 0.15) is 50.0 Å². The lowest BCUT2D eigenvalue weighted by atomic mass is 9.85. The van der Waals surface area contributed by atoms with Crippen molar-refractivity contribution < 1.29 is 9.90 Å². The van der Waals surface area contributed by atoms with Crippen molar-refractivity contribution in [3.05, 3.63) is 35.9 Å². The average molecular weight is 374 g/mol. The van der Waals surface area contributed by atoms with E-state index >= 15 is 0 Å². The van der Waals surface area contributed by atoms with Gasteiger partial charge in [-0.2, -0.15) is 0 Å². The number of aliphatic hydroxyl groups is 1. The topological polar surface area (TPSA) is 55.8 Å². The Hall–Kier alpha value is -1.59. The highest BCUT2D eigenvalue weighted by atomic mass is 16.3. The maximum Gasteiger partial charge on any atom is 0.317 e. The largest absolute Gasteiger partial charge is 0.388 e. The van der Waals surface area contributed by atoms with Gasteiger partial charge in [-0.25, -0.2) is 4.79 Å². The molecule has 1 heterocycles. The number of rotatable bonds is 6. The fraction of sp³-hybridized carbons (Fsp3) is 0.682. The molecular weight excluding hydrogens is 338 g/mol. The number of amides is 2. The Bertz CT molecular complexity index is 591. The first-order valence-corrected chi connectivity index (χ1v) is 10.4. The molecule has 1 aromatic carbocycles. The van der Waals surface area contributed by atoms with Gasteiger partial charge in [0.25, 0.3) is 0 Å². The molecule has 0 aromatic heterocycles. The molecular formula is C22H35N3O2. The summed E-state index contributed by atoms with van der Waals surface area (Å²) in [6, 6.07) is 10.6. The molecule has 0 radical (unpaired) electrons. The van der Waals surface area contributed by atoms with Gasteiger partial charge in [0.15, 0.2) is 0 Å². The zero-order valence-electron chi connectivity index (χ0n) is 16.9. The second-order valence-corrected chi connectivity index (χ2v) is 8.70. The van der Waals surface area contributed by atoms with Gasteiger partial charge < -0.3 is 20.2 Å². The van der Waals surface area contributed by atoms with Crippen molar-refractivity contribution in [1.82, 2.24) is 15.1 Å². The van der Waals surface area contributed by atoms with Crippen LogP contribution < -0.4 is 5.32 Å². The van der Waals surface area contributed by atoms with E-state index in [4.69, 9.17) is 0 Å². The van der Waals surface area contributed by atoms with Crippen LogP contribution in [0.2, 0.25) is 0 Å². The summed E-state index contributed by atoms with van der Waals surface area (Å²) in [7, 11) is 3.95. The monoisotopic (exact) mass is 373 g/mol. The quantitative estimate of drug-likeness (QED) is 0.806. The average Bonchev–Trinajstić information content (AvgIpc) is 3.17. The summed E-state index contributed by atoms with van der Waals surface area (Å²) in [5, 5.41) is 13.8. The number of nitrogens with one attached hydrogen (secondary N) is 1. The highest BCUT2D eigenvalue weighted by Crippen LogP contribution is 2.37. The molecule has 0 spiro atoms. The van der Waals surface area contributed by atoms with E-state index in [-0.39, 0.29) is 6.03 Å². The molecule has 3 rings (SSSR count). The Morgan fingerprint density at radius 3 is 2.44 bits per heavy atom. The number of likely N-dealkylation sites (tertiary alicyclic amines) is 1. The predicted octanol–water partition coefficient (Wildman–Crippen LogP) is 3.06. The summed E-state index contributed by atoms with van der Waals surface area (Å²) < 4.78 is 0. The molecule has 5 nitrogen and oxygen atoms in total. The predicted molar refractivity (Wildman–Crippen MR) is 109 cm³/mol. The molecule has 2 N–H and O–H groups in total. The first-order chi connectivity index (χ1) is 13.0. The van der Waals surface area contributed by atoms with Crippen LogP contribution >= 0.6 is 0 Å². The maximum absolute atomic E-state index is 12.7. The van der Waals surface area contributed by atoms with E-state index in [9.17, 15) is 9.90 Å². The normalized spacial score (nSPS) is 21.4. The van der Waals surface area contributed by atoms with Gasteiger partial charge in [0.05, 0.1) is 5.60 Å². The van der Waals surface area contributed by atoms with E-state index in [1.165, 1.54) is 31.2 Å². The molecule has 27 heavy (non-hydrogen) atoms. The van der Waals surface area contributed by atoms with Gasteiger partial charge in [0.2, 0.25) is 0 Å². The number of piperidine rings is 1. The summed E-state index contributed by atoms with van der Waals surface area (Å²) in [6.07, 6.45) is 6.41. The minimum atomic E-state index is -0.670. The second kappa shape index (κ2) is 9.07. The van der Waals surface area contributed by atoms with Crippen LogP contribution in [-0.4, -0.2) is 66.8 Å². The van der Waals surface area contributed by atoms with Crippen LogP contribution in [0, 0.1) is 5.92 Å². The molecule has 5 heteroatoms. The van der Waals surface area contributed by atoms with Crippen molar-refractivity contribution in [2.24, 2.45) is 5.92 Å². The van der Waals surface area contributed by atoms with Crippen molar-refractivity contribution in [3.63, 3.8) is 0 Å². The summed E-state index contributed by atoms with van der Waals surface area (Å²) in [5.74, 6) is 1.06. The molecule has 0 bridgehead atoms. The van der Waals surface area contributed by atoms with Gasteiger partial charge in [-0.3, -0.25) is 0 Å². The van der Waals surface area contributed by atoms with E-state index in [1.54, 1.807) is 0 Å². The van der Waals surface area contributed by atoms with Crippen molar-refractivity contribution in [1.29, 1.82) is 0 Å². The van der Waals surface area contributed by atoms with E-state index in [1.807, 2.05) is 23.9 Å². The van der Waals surface area contributed by atoms with Crippen LogP contribution in [0.5, 0.6) is 0 Å². The molecule has 1 aliphatic heterocycles. The number of urea groups is 1. The summed E-state index contributed by atoms with van der Waals surface area (Å²) in [4.78, 5) is 16.6. The smallest absolute Gasteiger partial charge is 0.317 e. The minimum Gasteiger partial charge on any atom is -0.388 e. The summed E-state index contributed by atoms with van der Waals surface area (Å²) in [6.45, 7) is 2.59. The van der Waals surface area contributed by atoms with E-state index < -0.39 is 5.60 Å². The molecule has 1 saturated carbocycles. The Kier molecular flexibility index (Phi) is 6.77. The summed E-state index contributed by atoms with van der Waals surface area (Å²) in [5.41, 5.74) is 0.667. The molecule has 2 amide bonds. The third kappa shape index (κ3) is 5.45. The number of nitrogens with zero attached hydrogens (tertiary/aromatic N) is 2. The van der Waals surface area contributed by atoms with E-state index in [2.05, 4.69) is 35.6 Å². The number of likely N-dealkylation sites (N-methyl/N-ethyl adjacent to an activating group) is 1. The maximum atomic E-state index is 12.7. The van der Waals surface area contributed by atoms with Crippen LogP contribution in [0.25, 0.3) is 0 Å². The molecule has 1 atom stereocenters. The lowest BCUT2D eigenvalue weighted by Crippen LogP contribution is -2.53. The van der Waals surface area contributed by atoms with Crippen LogP contribution in [0.3, 0.4) is 0 Å². The van der Waals surface area contributed by atoms with Gasteiger partial charge >= 0.3 is 6.03 Å². The Labute approximate surface area is 163 Å². The third-order valence-electron chi connectivity index (χ3n) is 6.26. The SMILES string of the molecule is CN(C)CC1(O)CCN(C(=O)NCC(c2ccccc2)C2CCCC2)CC1.